The van der Waals surface area contributed by atoms with Gasteiger partial charge in [-0.2, -0.15) is 5.26 Å². The van der Waals surface area contributed by atoms with Crippen molar-refractivity contribution in [3.05, 3.63) is 100 Å². The Morgan fingerprint density at radius 1 is 0.895 bits per heavy atom. The number of aryl methyl sites for hydroxylation is 2. The van der Waals surface area contributed by atoms with Crippen molar-refractivity contribution in [2.75, 3.05) is 18.5 Å². The van der Waals surface area contributed by atoms with Gasteiger partial charge in [0.1, 0.15) is 48.7 Å². The highest BCUT2D eigenvalue weighted by atomic mass is 32.1. The van der Waals surface area contributed by atoms with Gasteiger partial charge in [-0.15, -0.1) is 10.2 Å². The van der Waals surface area contributed by atoms with E-state index in [1.54, 1.807) is 24.3 Å². The van der Waals surface area contributed by atoms with Gasteiger partial charge in [-0.05, 0) is 73.0 Å². The summed E-state index contributed by atoms with van der Waals surface area (Å²) >= 11 is 1.18. The van der Waals surface area contributed by atoms with Gasteiger partial charge in [0.15, 0.2) is 5.01 Å². The summed E-state index contributed by atoms with van der Waals surface area (Å²) in [5.74, 6) is 1.63. The summed E-state index contributed by atoms with van der Waals surface area (Å²) in [6.45, 7) is 5.08. The van der Waals surface area contributed by atoms with Gasteiger partial charge in [-0.3, -0.25) is 10.1 Å². The monoisotopic (exact) mass is 526 g/mol. The highest BCUT2D eigenvalue weighted by Gasteiger charge is 2.13. The quantitative estimate of drug-likeness (QED) is 0.151. The fourth-order valence-electron chi connectivity index (χ4n) is 3.50. The molecule has 38 heavy (non-hydrogen) atoms. The Labute approximate surface area is 225 Å². The first kappa shape index (κ1) is 26.4. The van der Waals surface area contributed by atoms with Crippen molar-refractivity contribution in [2.45, 2.75) is 20.5 Å². The maximum absolute atomic E-state index is 12.6. The number of aromatic nitrogens is 2. The molecule has 8 nitrogen and oxygen atoms in total. The fourth-order valence-corrected chi connectivity index (χ4v) is 4.15. The fraction of sp³-hybridized carbons (Fsp3) is 0.172. The summed E-state index contributed by atoms with van der Waals surface area (Å²) in [4.78, 5) is 12.6. The van der Waals surface area contributed by atoms with Gasteiger partial charge in [0.2, 0.25) is 5.13 Å². The molecule has 0 saturated heterocycles. The summed E-state index contributed by atoms with van der Waals surface area (Å²) < 4.78 is 17.1. The first-order valence-electron chi connectivity index (χ1n) is 11.9. The van der Waals surface area contributed by atoms with Crippen LogP contribution in [0.15, 0.2) is 78.4 Å². The number of benzene rings is 3. The smallest absolute Gasteiger partial charge is 0.268 e. The summed E-state index contributed by atoms with van der Waals surface area (Å²) in [5.41, 5.74) is 2.93. The van der Waals surface area contributed by atoms with Crippen LogP contribution >= 0.6 is 11.3 Å². The molecule has 0 aliphatic heterocycles. The first-order valence-corrected chi connectivity index (χ1v) is 12.7. The number of para-hydroxylation sites is 1. The number of hydrogen-bond donors (Lipinski definition) is 1. The molecule has 0 spiro atoms. The third kappa shape index (κ3) is 7.91. The van der Waals surface area contributed by atoms with E-state index in [4.69, 9.17) is 14.2 Å². The molecule has 0 fully saturated rings. The summed E-state index contributed by atoms with van der Waals surface area (Å²) in [6, 6.07) is 24.4. The van der Waals surface area contributed by atoms with Crippen LogP contribution in [0.25, 0.3) is 6.08 Å². The lowest BCUT2D eigenvalue weighted by Gasteiger charge is -2.10. The third-order valence-corrected chi connectivity index (χ3v) is 5.98. The average molecular weight is 527 g/mol. The second-order valence-corrected chi connectivity index (χ2v) is 9.38. The Morgan fingerprint density at radius 3 is 2.24 bits per heavy atom. The summed E-state index contributed by atoms with van der Waals surface area (Å²) in [5, 5.41) is 21.0. The number of nitrogens with one attached hydrogen (secondary N) is 1. The number of amides is 1. The molecule has 4 aromatic rings. The SMILES string of the molecule is Cc1cc(C)cc(OCCOc2ccc(C=C(C#N)C(=O)Nc3nnc(COc4ccccc4)s3)cc2)c1. The molecule has 4 rings (SSSR count). The van der Waals surface area contributed by atoms with Gasteiger partial charge >= 0.3 is 0 Å². The molecule has 3 aromatic carbocycles. The van der Waals surface area contributed by atoms with Gasteiger partial charge in [0, 0.05) is 0 Å². The summed E-state index contributed by atoms with van der Waals surface area (Å²) in [6.07, 6.45) is 1.50. The van der Waals surface area contributed by atoms with Crippen molar-refractivity contribution in [3.63, 3.8) is 0 Å². The second kappa shape index (κ2) is 13.0. The molecule has 1 amide bonds. The summed E-state index contributed by atoms with van der Waals surface area (Å²) in [7, 11) is 0. The lowest BCUT2D eigenvalue weighted by atomic mass is 10.1. The van der Waals surface area contributed by atoms with Crippen LogP contribution in [0.4, 0.5) is 5.13 Å². The molecular formula is C29H26N4O4S. The number of anilines is 1. The molecule has 0 aliphatic carbocycles. The lowest BCUT2D eigenvalue weighted by molar-refractivity contribution is -0.112. The number of rotatable bonds is 11. The van der Waals surface area contributed by atoms with E-state index in [1.807, 2.05) is 62.4 Å². The Kier molecular flexibility index (Phi) is 9.05. The van der Waals surface area contributed by atoms with Crippen molar-refractivity contribution in [1.29, 1.82) is 5.26 Å². The van der Waals surface area contributed by atoms with Crippen LogP contribution < -0.4 is 19.5 Å². The van der Waals surface area contributed by atoms with Crippen LogP contribution in [0.1, 0.15) is 21.7 Å². The van der Waals surface area contributed by atoms with Crippen LogP contribution in [-0.4, -0.2) is 29.3 Å². The third-order valence-electron chi connectivity index (χ3n) is 5.16. The first-order chi connectivity index (χ1) is 18.5. The van der Waals surface area contributed by atoms with Gasteiger partial charge in [-0.1, -0.05) is 47.7 Å². The van der Waals surface area contributed by atoms with Crippen LogP contribution in [0.3, 0.4) is 0 Å². The van der Waals surface area contributed by atoms with E-state index in [0.29, 0.717) is 35.3 Å². The maximum Gasteiger partial charge on any atom is 0.268 e. The average Bonchev–Trinajstić information content (AvgIpc) is 3.36. The van der Waals surface area contributed by atoms with Crippen LogP contribution in [-0.2, 0) is 11.4 Å². The minimum atomic E-state index is -0.567. The molecule has 0 saturated carbocycles. The highest BCUT2D eigenvalue weighted by Crippen LogP contribution is 2.20. The van der Waals surface area contributed by atoms with Gasteiger partial charge in [0.25, 0.3) is 5.91 Å². The van der Waals surface area contributed by atoms with E-state index >= 15 is 0 Å². The Balaban J connectivity index is 1.26. The molecule has 1 N–H and O–H groups in total. The molecule has 0 bridgehead atoms. The number of nitrogens with zero attached hydrogens (tertiary/aromatic N) is 3. The van der Waals surface area contributed by atoms with Crippen molar-refractivity contribution in [2.24, 2.45) is 0 Å². The second-order valence-electron chi connectivity index (χ2n) is 8.32. The maximum atomic E-state index is 12.6. The van der Waals surface area contributed by atoms with Crippen molar-refractivity contribution < 1.29 is 19.0 Å². The standard InChI is InChI=1S/C29H26N4O4S/c1-20-14-21(2)16-26(15-20)36-13-12-35-25-10-8-22(9-11-25)17-23(18-30)28(34)31-29-33-32-27(38-29)19-37-24-6-4-3-5-7-24/h3-11,14-17H,12-13,19H2,1-2H3,(H,31,33,34). The lowest BCUT2D eigenvalue weighted by Crippen LogP contribution is -2.13. The van der Waals surface area contributed by atoms with E-state index in [9.17, 15) is 10.1 Å². The minimum Gasteiger partial charge on any atom is -0.490 e. The number of ether oxygens (including phenoxy) is 3. The van der Waals surface area contributed by atoms with Crippen molar-refractivity contribution >= 4 is 28.5 Å². The topological polar surface area (TPSA) is 106 Å². The minimum absolute atomic E-state index is 0.0576. The Bertz CT molecular complexity index is 1420. The Hall–Kier alpha value is -4.68. The molecule has 0 radical (unpaired) electrons. The molecule has 192 valence electrons. The number of carbonyl (C=O) groups is 1. The predicted molar refractivity (Wildman–Crippen MR) is 146 cm³/mol. The normalized spacial score (nSPS) is 10.9. The zero-order valence-corrected chi connectivity index (χ0v) is 21.8. The Morgan fingerprint density at radius 2 is 1.55 bits per heavy atom. The van der Waals surface area contributed by atoms with Gasteiger partial charge in [-0.25, -0.2) is 0 Å². The van der Waals surface area contributed by atoms with Gasteiger partial charge < -0.3 is 14.2 Å². The molecule has 1 aromatic heterocycles. The largest absolute Gasteiger partial charge is 0.490 e. The van der Waals surface area contributed by atoms with Crippen molar-refractivity contribution in [3.8, 4) is 23.3 Å². The van der Waals surface area contributed by atoms with Crippen molar-refractivity contribution in [1.82, 2.24) is 10.2 Å². The van der Waals surface area contributed by atoms with Crippen LogP contribution in [0.5, 0.6) is 17.2 Å². The number of carbonyl (C=O) groups excluding carboxylic acids is 1. The van der Waals surface area contributed by atoms with E-state index in [1.165, 1.54) is 17.4 Å². The molecule has 9 heteroatoms. The van der Waals surface area contributed by atoms with E-state index in [2.05, 4.69) is 21.6 Å². The molecule has 0 unspecified atom stereocenters. The van der Waals surface area contributed by atoms with Gasteiger partial charge in [0.05, 0.1) is 0 Å². The zero-order valence-electron chi connectivity index (χ0n) is 21.0. The van der Waals surface area contributed by atoms with Crippen LogP contribution in [0.2, 0.25) is 0 Å². The van der Waals surface area contributed by atoms with E-state index in [0.717, 1.165) is 16.9 Å². The zero-order chi connectivity index (χ0) is 26.7. The van der Waals surface area contributed by atoms with E-state index in [-0.39, 0.29) is 17.3 Å². The molecule has 0 atom stereocenters. The van der Waals surface area contributed by atoms with E-state index < -0.39 is 5.91 Å². The molecule has 0 aliphatic rings. The molecular weight excluding hydrogens is 500 g/mol. The number of hydrogen-bond acceptors (Lipinski definition) is 8. The number of nitriles is 1. The van der Waals surface area contributed by atoms with Crippen LogP contribution in [0, 0.1) is 25.2 Å². The molecule has 1 heterocycles. The highest BCUT2D eigenvalue weighted by molar-refractivity contribution is 7.15. The predicted octanol–water partition coefficient (Wildman–Crippen LogP) is 5.74.